The molecule has 0 unspecified atom stereocenters. The summed E-state index contributed by atoms with van der Waals surface area (Å²) in [5, 5.41) is 15.0. The van der Waals surface area contributed by atoms with Gasteiger partial charge >= 0.3 is 0 Å². The van der Waals surface area contributed by atoms with Gasteiger partial charge in [-0.25, -0.2) is 0 Å². The van der Waals surface area contributed by atoms with Crippen molar-refractivity contribution in [3.8, 4) is 0 Å². The highest BCUT2D eigenvalue weighted by molar-refractivity contribution is 5.97. The Labute approximate surface area is 87.4 Å². The Morgan fingerprint density at radius 3 is 3.00 bits per heavy atom. The van der Waals surface area contributed by atoms with E-state index in [2.05, 4.69) is 16.8 Å². The molecule has 1 amide bonds. The van der Waals surface area contributed by atoms with Crippen molar-refractivity contribution in [1.82, 2.24) is 15.1 Å². The highest BCUT2D eigenvalue weighted by atomic mass is 16.3. The number of hydrogen-bond donors (Lipinski definition) is 3. The van der Waals surface area contributed by atoms with Crippen LogP contribution >= 0.6 is 0 Å². The maximum Gasteiger partial charge on any atom is 0.274 e. The van der Waals surface area contributed by atoms with Crippen LogP contribution in [-0.4, -0.2) is 45.8 Å². The third-order valence-electron chi connectivity index (χ3n) is 1.89. The van der Waals surface area contributed by atoms with E-state index >= 15 is 0 Å². The fourth-order valence-electron chi connectivity index (χ4n) is 1.18. The first-order chi connectivity index (χ1) is 7.20. The molecule has 0 atom stereocenters. The van der Waals surface area contributed by atoms with Crippen molar-refractivity contribution < 1.29 is 9.90 Å². The van der Waals surface area contributed by atoms with Crippen LogP contribution in [0.3, 0.4) is 0 Å². The number of rotatable bonds is 5. The van der Waals surface area contributed by atoms with E-state index in [1.807, 2.05) is 0 Å². The molecular weight excluding hydrogens is 196 g/mol. The normalized spacial score (nSPS) is 9.93. The molecule has 1 aromatic rings. The lowest BCUT2D eigenvalue weighted by atomic mass is 10.3. The summed E-state index contributed by atoms with van der Waals surface area (Å²) in [5.41, 5.74) is 6.08. The number of amides is 1. The van der Waals surface area contributed by atoms with Gasteiger partial charge in [-0.3, -0.25) is 9.89 Å². The standard InChI is InChI=1S/C9H14N4O2/c1-2-3-13(4-5-14)9(15)8-7(10)6-11-12-8/h2,6,14H,1,3-5,10H2,(H,11,12). The van der Waals surface area contributed by atoms with Crippen molar-refractivity contribution in [3.63, 3.8) is 0 Å². The summed E-state index contributed by atoms with van der Waals surface area (Å²) in [6, 6.07) is 0. The smallest absolute Gasteiger partial charge is 0.274 e. The van der Waals surface area contributed by atoms with Crippen molar-refractivity contribution in [2.24, 2.45) is 0 Å². The number of H-pyrrole nitrogens is 1. The molecule has 6 nitrogen and oxygen atoms in total. The number of aromatic nitrogens is 2. The highest BCUT2D eigenvalue weighted by Crippen LogP contribution is 2.09. The zero-order valence-electron chi connectivity index (χ0n) is 8.31. The first kappa shape index (κ1) is 11.3. The van der Waals surface area contributed by atoms with Crippen LogP contribution < -0.4 is 5.73 Å². The Hall–Kier alpha value is -1.82. The van der Waals surface area contributed by atoms with Crippen molar-refractivity contribution in [2.75, 3.05) is 25.4 Å². The number of aromatic amines is 1. The number of carbonyl (C=O) groups excluding carboxylic acids is 1. The SMILES string of the molecule is C=CCN(CCO)C(=O)c1[nH]ncc1N. The van der Waals surface area contributed by atoms with Crippen LogP contribution in [0.15, 0.2) is 18.9 Å². The van der Waals surface area contributed by atoms with E-state index in [4.69, 9.17) is 10.8 Å². The largest absolute Gasteiger partial charge is 0.396 e. The highest BCUT2D eigenvalue weighted by Gasteiger charge is 2.17. The van der Waals surface area contributed by atoms with E-state index in [-0.39, 0.29) is 24.8 Å². The lowest BCUT2D eigenvalue weighted by molar-refractivity contribution is 0.0738. The van der Waals surface area contributed by atoms with E-state index in [1.165, 1.54) is 11.1 Å². The van der Waals surface area contributed by atoms with E-state index < -0.39 is 0 Å². The van der Waals surface area contributed by atoms with Gasteiger partial charge in [0.15, 0.2) is 0 Å². The molecule has 1 heterocycles. The lowest BCUT2D eigenvalue weighted by Gasteiger charge is -2.19. The van der Waals surface area contributed by atoms with Gasteiger partial charge < -0.3 is 15.7 Å². The fourth-order valence-corrected chi connectivity index (χ4v) is 1.18. The summed E-state index contributed by atoms with van der Waals surface area (Å²) >= 11 is 0. The molecule has 0 aliphatic heterocycles. The average Bonchev–Trinajstić information content (AvgIpc) is 2.63. The van der Waals surface area contributed by atoms with Crippen LogP contribution in [0, 0.1) is 0 Å². The summed E-state index contributed by atoms with van der Waals surface area (Å²) < 4.78 is 0. The van der Waals surface area contributed by atoms with E-state index in [0.29, 0.717) is 12.2 Å². The zero-order chi connectivity index (χ0) is 11.3. The second-order valence-electron chi connectivity index (χ2n) is 2.96. The molecular formula is C9H14N4O2. The first-order valence-electron chi connectivity index (χ1n) is 4.50. The van der Waals surface area contributed by atoms with Crippen LogP contribution in [0.1, 0.15) is 10.5 Å². The third-order valence-corrected chi connectivity index (χ3v) is 1.89. The third kappa shape index (κ3) is 2.57. The molecule has 4 N–H and O–H groups in total. The summed E-state index contributed by atoms with van der Waals surface area (Å²) in [6.07, 6.45) is 2.96. The molecule has 15 heavy (non-hydrogen) atoms. The number of anilines is 1. The average molecular weight is 210 g/mol. The number of aliphatic hydroxyl groups excluding tert-OH is 1. The monoisotopic (exact) mass is 210 g/mol. The van der Waals surface area contributed by atoms with Crippen molar-refractivity contribution in [2.45, 2.75) is 0 Å². The number of nitrogens with one attached hydrogen (secondary N) is 1. The molecule has 0 radical (unpaired) electrons. The molecule has 82 valence electrons. The number of nitrogen functional groups attached to an aromatic ring is 1. The first-order valence-corrected chi connectivity index (χ1v) is 4.50. The Morgan fingerprint density at radius 2 is 2.53 bits per heavy atom. The summed E-state index contributed by atoms with van der Waals surface area (Å²) in [5.74, 6) is -0.293. The second-order valence-corrected chi connectivity index (χ2v) is 2.96. The summed E-state index contributed by atoms with van der Waals surface area (Å²) in [7, 11) is 0. The Balaban J connectivity index is 2.80. The summed E-state index contributed by atoms with van der Waals surface area (Å²) in [4.78, 5) is 13.2. The molecule has 1 aromatic heterocycles. The van der Waals surface area contributed by atoms with Gasteiger partial charge in [0.25, 0.3) is 5.91 Å². The van der Waals surface area contributed by atoms with Crippen molar-refractivity contribution >= 4 is 11.6 Å². The molecule has 6 heteroatoms. The zero-order valence-corrected chi connectivity index (χ0v) is 8.31. The van der Waals surface area contributed by atoms with Gasteiger partial charge in [0, 0.05) is 13.1 Å². The Bertz CT molecular complexity index is 348. The Kier molecular flexibility index (Phi) is 3.87. The molecule has 0 saturated carbocycles. The number of nitrogens with zero attached hydrogens (tertiary/aromatic N) is 2. The van der Waals surface area contributed by atoms with Crippen LogP contribution in [0.25, 0.3) is 0 Å². The van der Waals surface area contributed by atoms with Crippen molar-refractivity contribution in [3.05, 3.63) is 24.5 Å². The molecule has 0 aromatic carbocycles. The number of hydrogen-bond acceptors (Lipinski definition) is 4. The van der Waals surface area contributed by atoms with Gasteiger partial charge in [0.05, 0.1) is 18.5 Å². The number of nitrogens with two attached hydrogens (primary N) is 1. The quantitative estimate of drug-likeness (QED) is 0.577. The van der Waals surface area contributed by atoms with Crippen molar-refractivity contribution in [1.29, 1.82) is 0 Å². The summed E-state index contributed by atoms with van der Waals surface area (Å²) in [6.45, 7) is 4.03. The van der Waals surface area contributed by atoms with Gasteiger partial charge in [-0.2, -0.15) is 5.10 Å². The van der Waals surface area contributed by atoms with Gasteiger partial charge in [-0.15, -0.1) is 6.58 Å². The number of aliphatic hydroxyl groups is 1. The number of carbonyl (C=O) groups is 1. The van der Waals surface area contributed by atoms with Gasteiger partial charge in [0.2, 0.25) is 0 Å². The molecule has 1 rings (SSSR count). The fraction of sp³-hybridized carbons (Fsp3) is 0.333. The van der Waals surface area contributed by atoms with Crippen LogP contribution in [0.4, 0.5) is 5.69 Å². The van der Waals surface area contributed by atoms with Crippen LogP contribution in [0.5, 0.6) is 0 Å². The maximum atomic E-state index is 11.8. The maximum absolute atomic E-state index is 11.8. The molecule has 0 aliphatic rings. The van der Waals surface area contributed by atoms with E-state index in [1.54, 1.807) is 6.08 Å². The second kappa shape index (κ2) is 5.16. The molecule has 0 spiro atoms. The minimum Gasteiger partial charge on any atom is -0.396 e. The topological polar surface area (TPSA) is 95.2 Å². The predicted molar refractivity (Wildman–Crippen MR) is 56.2 cm³/mol. The Morgan fingerprint density at radius 1 is 1.80 bits per heavy atom. The van der Waals surface area contributed by atoms with Crippen LogP contribution in [-0.2, 0) is 0 Å². The van der Waals surface area contributed by atoms with Gasteiger partial charge in [0.1, 0.15) is 5.69 Å². The van der Waals surface area contributed by atoms with E-state index in [9.17, 15) is 4.79 Å². The minimum absolute atomic E-state index is 0.104. The lowest BCUT2D eigenvalue weighted by Crippen LogP contribution is -2.34. The molecule has 0 fully saturated rings. The molecule has 0 bridgehead atoms. The predicted octanol–water partition coefficient (Wildman–Crippen LogP) is -0.388. The molecule has 0 saturated heterocycles. The van der Waals surface area contributed by atoms with Gasteiger partial charge in [-0.05, 0) is 0 Å². The molecule has 0 aliphatic carbocycles. The van der Waals surface area contributed by atoms with Gasteiger partial charge in [-0.1, -0.05) is 6.08 Å². The minimum atomic E-state index is -0.293. The van der Waals surface area contributed by atoms with Crippen LogP contribution in [0.2, 0.25) is 0 Å². The van der Waals surface area contributed by atoms with E-state index in [0.717, 1.165) is 0 Å².